The number of hydrogen-bond donors (Lipinski definition) is 0. The van der Waals surface area contributed by atoms with Gasteiger partial charge in [-0.15, -0.1) is 19.6 Å². The summed E-state index contributed by atoms with van der Waals surface area (Å²) >= 11 is -4.06. The van der Waals surface area contributed by atoms with Gasteiger partial charge in [-0.05, 0) is 0 Å². The molecule has 0 aliphatic carbocycles. The monoisotopic (exact) mass is 674 g/mol. The molecule has 0 saturated heterocycles. The topological polar surface area (TPSA) is 71.4 Å². The van der Waals surface area contributed by atoms with Crippen molar-refractivity contribution in [3.63, 3.8) is 0 Å². The minimum atomic E-state index is -4.98. The van der Waals surface area contributed by atoms with Crippen LogP contribution in [-0.4, -0.2) is 45.1 Å². The van der Waals surface area contributed by atoms with Crippen LogP contribution in [0.3, 0.4) is 0 Å². The molecular formula is C19H36F6GeHfN3. The molecule has 0 amide bonds. The van der Waals surface area contributed by atoms with Crippen LogP contribution in [0.15, 0.2) is 30.3 Å². The summed E-state index contributed by atoms with van der Waals surface area (Å²) in [5.74, 6) is 1.65. The molecule has 0 unspecified atom stereocenters. The molecule has 1 radical (unpaired) electrons. The Morgan fingerprint density at radius 1 is 0.667 bits per heavy atom. The van der Waals surface area contributed by atoms with Gasteiger partial charge in [0.15, 0.2) is 0 Å². The molecule has 0 fully saturated rings. The van der Waals surface area contributed by atoms with Crippen molar-refractivity contribution >= 4 is 15.4 Å². The molecule has 11 heteroatoms. The summed E-state index contributed by atoms with van der Waals surface area (Å²) in [6.07, 6.45) is 0. The summed E-state index contributed by atoms with van der Waals surface area (Å²) in [6, 6.07) is 10.0. The number of halogens is 6. The second-order valence-electron chi connectivity index (χ2n) is 6.98. The Kier molecular flexibility index (Phi) is 34.5. The van der Waals surface area contributed by atoms with Crippen LogP contribution in [0.1, 0.15) is 41.5 Å². The number of hydrogen-bond acceptors (Lipinski definition) is 0. The van der Waals surface area contributed by atoms with Crippen LogP contribution in [0.25, 0.3) is 17.2 Å². The van der Waals surface area contributed by atoms with Crippen LogP contribution < -0.4 is 0 Å². The Hall–Kier alpha value is 0.223. The van der Waals surface area contributed by atoms with Gasteiger partial charge >= 0.3 is 77.6 Å². The van der Waals surface area contributed by atoms with Gasteiger partial charge in [0, 0.05) is 0 Å². The van der Waals surface area contributed by atoms with Crippen molar-refractivity contribution in [1.29, 1.82) is 0 Å². The average molecular weight is 672 g/mol. The number of rotatable bonds is 3. The molecule has 3 N–H and O–H groups in total. The maximum Gasteiger partial charge on any atom is 4.00 e. The molecule has 1 rings (SSSR count). The van der Waals surface area contributed by atoms with Crippen molar-refractivity contribution in [3.05, 3.63) is 47.5 Å². The first-order valence-corrected chi connectivity index (χ1v) is 11.6. The average Bonchev–Trinajstić information content (AvgIpc) is 3.12. The van der Waals surface area contributed by atoms with E-state index in [0.29, 0.717) is 37.4 Å². The standard InChI is InChI=1S/C5H5.3C4H10N.C2HF6Ge.Hf/c1-2-4-5-3-1;3*1-4(2)3-5;3-1(4,5)9-2(6,7)8;/h1-5H;3*4-5H,3H2,1-2H3;9H;/q4*-1;;+4. The van der Waals surface area contributed by atoms with Crippen LogP contribution >= 0.6 is 0 Å². The fourth-order valence-corrected chi connectivity index (χ4v) is 1.29. The largest absolute Gasteiger partial charge is 4.00 e. The number of nitrogens with one attached hydrogen (secondary N) is 3. The van der Waals surface area contributed by atoms with Crippen LogP contribution in [0, 0.1) is 17.8 Å². The quantitative estimate of drug-likeness (QED) is 0.178. The molecule has 0 saturated carbocycles. The zero-order valence-electron chi connectivity index (χ0n) is 18.6. The Morgan fingerprint density at radius 2 is 0.867 bits per heavy atom. The van der Waals surface area contributed by atoms with E-state index in [1.807, 2.05) is 71.9 Å². The van der Waals surface area contributed by atoms with Gasteiger partial charge in [0.05, 0.1) is 0 Å². The van der Waals surface area contributed by atoms with E-state index in [2.05, 4.69) is 0 Å². The third-order valence-corrected chi connectivity index (χ3v) is 3.48. The third kappa shape index (κ3) is 70.5. The van der Waals surface area contributed by atoms with Crippen LogP contribution in [-0.2, 0) is 25.8 Å². The van der Waals surface area contributed by atoms with Crippen LogP contribution in [0.2, 0.25) is 0 Å². The maximum absolute atomic E-state index is 10.9. The molecule has 0 heterocycles. The van der Waals surface area contributed by atoms with Crippen molar-refractivity contribution in [2.75, 3.05) is 19.6 Å². The van der Waals surface area contributed by atoms with Gasteiger partial charge in [-0.2, -0.15) is 18.2 Å². The van der Waals surface area contributed by atoms with Crippen molar-refractivity contribution in [2.24, 2.45) is 17.8 Å². The van der Waals surface area contributed by atoms with E-state index in [0.717, 1.165) is 0 Å². The SMILES string of the molecule is CC(C)C[NH-].CC(C)C[NH-].CC(C)C[NH-].F[C](F)(F)[GeH][C](F)(F)F.[Hf+4].c1cc[cH-]c1. The third-order valence-electron chi connectivity index (χ3n) is 2.11. The van der Waals surface area contributed by atoms with Gasteiger partial charge in [0.25, 0.3) is 0 Å². The molecule has 0 aromatic heterocycles. The molecule has 0 aliphatic heterocycles. The van der Waals surface area contributed by atoms with E-state index in [1.165, 1.54) is 0 Å². The normalized spacial score (nSPS) is 10.3. The van der Waals surface area contributed by atoms with Crippen LogP contribution in [0.4, 0.5) is 26.3 Å². The van der Waals surface area contributed by atoms with E-state index >= 15 is 0 Å². The smallest absolute Gasteiger partial charge is 0.214 e. The minimum Gasteiger partial charge on any atom is -0.214 e. The predicted octanol–water partition coefficient (Wildman–Crippen LogP) is 7.95. The molecule has 30 heavy (non-hydrogen) atoms. The van der Waals surface area contributed by atoms with Gasteiger partial charge in [-0.3, -0.25) is 0 Å². The summed E-state index contributed by atoms with van der Waals surface area (Å²) in [7, 11) is 0. The molecular weight excluding hydrogens is 635 g/mol. The van der Waals surface area contributed by atoms with E-state index in [9.17, 15) is 26.3 Å². The summed E-state index contributed by atoms with van der Waals surface area (Å²) in [5, 5.41) is -9.97. The Morgan fingerprint density at radius 3 is 0.900 bits per heavy atom. The number of alkyl halides is 6. The van der Waals surface area contributed by atoms with Crippen molar-refractivity contribution in [2.45, 2.75) is 51.6 Å². The van der Waals surface area contributed by atoms with Crippen molar-refractivity contribution in [1.82, 2.24) is 0 Å². The first-order chi connectivity index (χ1) is 13.0. The van der Waals surface area contributed by atoms with Crippen molar-refractivity contribution < 1.29 is 52.2 Å². The fourth-order valence-electron chi connectivity index (χ4n) is 0.506. The van der Waals surface area contributed by atoms with Gasteiger partial charge in [0.2, 0.25) is 0 Å². The van der Waals surface area contributed by atoms with Crippen molar-refractivity contribution in [3.8, 4) is 0 Å². The molecule has 0 atom stereocenters. The predicted molar refractivity (Wildman–Crippen MR) is 113 cm³/mol. The zero-order valence-corrected chi connectivity index (χ0v) is 24.6. The van der Waals surface area contributed by atoms with Gasteiger partial charge < -0.3 is 17.2 Å². The Bertz CT molecular complexity index is 350. The first kappa shape index (κ1) is 40.6. The Balaban J connectivity index is -0.0000000884. The van der Waals surface area contributed by atoms with E-state index in [4.69, 9.17) is 17.2 Å². The first-order valence-electron chi connectivity index (χ1n) is 9.13. The van der Waals surface area contributed by atoms with Crippen LogP contribution in [0.5, 0.6) is 0 Å². The van der Waals surface area contributed by atoms with Gasteiger partial charge in [-0.1, -0.05) is 59.3 Å². The molecule has 1 aromatic rings. The zero-order chi connectivity index (χ0) is 24.1. The summed E-state index contributed by atoms with van der Waals surface area (Å²) in [5.41, 5.74) is 20.0. The second kappa shape index (κ2) is 25.5. The molecule has 1 aromatic carbocycles. The van der Waals surface area contributed by atoms with E-state index in [1.54, 1.807) is 0 Å². The van der Waals surface area contributed by atoms with E-state index < -0.39 is 25.4 Å². The fraction of sp³-hybridized carbons (Fsp3) is 0.737. The summed E-state index contributed by atoms with van der Waals surface area (Å²) in [4.78, 5) is 0. The van der Waals surface area contributed by atoms with E-state index in [-0.39, 0.29) is 25.8 Å². The second-order valence-corrected chi connectivity index (χ2v) is 10.3. The summed E-state index contributed by atoms with van der Waals surface area (Å²) < 4.78 is 65.4. The summed E-state index contributed by atoms with van der Waals surface area (Å²) in [6.45, 7) is 13.9. The molecule has 0 spiro atoms. The molecule has 3 nitrogen and oxygen atoms in total. The van der Waals surface area contributed by atoms with Gasteiger partial charge in [0.1, 0.15) is 0 Å². The molecule has 177 valence electrons. The molecule has 0 bridgehead atoms. The Labute approximate surface area is 203 Å². The molecule has 0 aliphatic rings. The maximum atomic E-state index is 10.9. The van der Waals surface area contributed by atoms with Gasteiger partial charge in [-0.25, -0.2) is 12.1 Å². The minimum absolute atomic E-state index is 0.